The summed E-state index contributed by atoms with van der Waals surface area (Å²) in [7, 11) is -1.96. The number of carbonyl (C=O) groups excluding carboxylic acids is 2. The molecule has 0 aromatic rings. The van der Waals surface area contributed by atoms with Crippen LogP contribution in [0.3, 0.4) is 0 Å². The zero-order chi connectivity index (χ0) is 16.8. The van der Waals surface area contributed by atoms with Crippen LogP contribution in [0.4, 0.5) is 4.79 Å². The van der Waals surface area contributed by atoms with E-state index in [1.165, 1.54) is 0 Å². The van der Waals surface area contributed by atoms with E-state index in [9.17, 15) is 9.59 Å². The molecule has 0 aliphatic heterocycles. The van der Waals surface area contributed by atoms with Gasteiger partial charge in [-0.25, -0.2) is 4.79 Å². The van der Waals surface area contributed by atoms with Crippen molar-refractivity contribution in [1.29, 1.82) is 0 Å². The van der Waals surface area contributed by atoms with Crippen molar-refractivity contribution in [1.82, 2.24) is 5.32 Å². The second-order valence-corrected chi connectivity index (χ2v) is 11.5. The summed E-state index contributed by atoms with van der Waals surface area (Å²) in [5.74, 6) is -0.844. The summed E-state index contributed by atoms with van der Waals surface area (Å²) in [5, 5.41) is 2.63. The molecular weight excluding hydrogens is 286 g/mol. The fourth-order valence-electron chi connectivity index (χ4n) is 1.53. The van der Waals surface area contributed by atoms with Gasteiger partial charge in [-0.1, -0.05) is 13.0 Å². The third-order valence-electron chi connectivity index (χ3n) is 2.58. The van der Waals surface area contributed by atoms with Gasteiger partial charge in [-0.3, -0.25) is 4.79 Å². The average Bonchev–Trinajstić information content (AvgIpc) is 2.23. The maximum Gasteiger partial charge on any atom is 0.407 e. The largest absolute Gasteiger partial charge is 0.520 e. The summed E-state index contributed by atoms with van der Waals surface area (Å²) >= 11 is 0. The molecule has 0 radical (unpaired) electrons. The van der Waals surface area contributed by atoms with Crippen molar-refractivity contribution in [2.45, 2.75) is 52.9 Å². The lowest BCUT2D eigenvalue weighted by molar-refractivity contribution is -0.140. The van der Waals surface area contributed by atoms with Crippen molar-refractivity contribution in [3.05, 3.63) is 12.7 Å². The molecule has 122 valence electrons. The van der Waals surface area contributed by atoms with Crippen molar-refractivity contribution < 1.29 is 18.8 Å². The monoisotopic (exact) mass is 315 g/mol. The minimum absolute atomic E-state index is 0.0937. The molecule has 0 bridgehead atoms. The van der Waals surface area contributed by atoms with Crippen molar-refractivity contribution in [2.75, 3.05) is 6.54 Å². The van der Waals surface area contributed by atoms with Crippen LogP contribution < -0.4 is 5.32 Å². The van der Waals surface area contributed by atoms with Crippen molar-refractivity contribution in [3.63, 3.8) is 0 Å². The van der Waals surface area contributed by atoms with E-state index in [-0.39, 0.29) is 18.4 Å². The molecule has 0 aliphatic rings. The Hall–Kier alpha value is -1.30. The molecule has 0 spiro atoms. The first kappa shape index (κ1) is 19.7. The number of amides is 1. The van der Waals surface area contributed by atoms with E-state index in [1.54, 1.807) is 26.8 Å². The molecule has 0 rings (SSSR count). The molecule has 1 N–H and O–H groups in total. The van der Waals surface area contributed by atoms with Crippen LogP contribution in [0.25, 0.3) is 0 Å². The van der Waals surface area contributed by atoms with Crippen molar-refractivity contribution >= 4 is 20.4 Å². The third kappa shape index (κ3) is 9.28. The number of alkyl carbamates (subject to hydrolysis) is 1. The Balaban J connectivity index is 4.69. The van der Waals surface area contributed by atoms with Gasteiger partial charge in [0.2, 0.25) is 8.32 Å². The maximum absolute atomic E-state index is 12.2. The molecule has 0 saturated carbocycles. The Labute approximate surface area is 129 Å². The molecule has 5 nitrogen and oxygen atoms in total. The van der Waals surface area contributed by atoms with Gasteiger partial charge in [0.15, 0.2) is 0 Å². The highest BCUT2D eigenvalue weighted by Crippen LogP contribution is 2.17. The number of rotatable bonds is 6. The molecule has 0 heterocycles. The van der Waals surface area contributed by atoms with E-state index in [1.807, 2.05) is 26.6 Å². The number of carbonyl (C=O) groups is 2. The van der Waals surface area contributed by atoms with Crippen LogP contribution in [0.1, 0.15) is 27.7 Å². The topological polar surface area (TPSA) is 64.6 Å². The molecule has 0 aliphatic carbocycles. The summed E-state index contributed by atoms with van der Waals surface area (Å²) in [6.45, 7) is 17.0. The molecule has 21 heavy (non-hydrogen) atoms. The summed E-state index contributed by atoms with van der Waals surface area (Å²) in [6.07, 6.45) is 1.15. The Bertz CT molecular complexity index is 382. The molecule has 0 fully saturated rings. The van der Waals surface area contributed by atoms with Gasteiger partial charge in [-0.05, 0) is 46.3 Å². The Morgan fingerprint density at radius 3 is 2.19 bits per heavy atom. The van der Waals surface area contributed by atoms with Gasteiger partial charge in [-0.15, -0.1) is 6.58 Å². The predicted octanol–water partition coefficient (Wildman–Crippen LogP) is 3.33. The second kappa shape index (κ2) is 7.63. The van der Waals surface area contributed by atoms with Crippen molar-refractivity contribution in [2.24, 2.45) is 11.8 Å². The molecule has 0 aromatic carbocycles. The Kier molecular flexibility index (Phi) is 7.16. The molecule has 2 unspecified atom stereocenters. The lowest BCUT2D eigenvalue weighted by Crippen LogP contribution is -2.42. The summed E-state index contributed by atoms with van der Waals surface area (Å²) in [6, 6.07) is 0. The summed E-state index contributed by atoms with van der Waals surface area (Å²) < 4.78 is 10.7. The molecule has 0 saturated heterocycles. The van der Waals surface area contributed by atoms with E-state index in [0.29, 0.717) is 0 Å². The predicted molar refractivity (Wildman–Crippen MR) is 86.5 cm³/mol. The first-order chi connectivity index (χ1) is 9.35. The van der Waals surface area contributed by atoms with Crippen LogP contribution in [0, 0.1) is 11.8 Å². The second-order valence-electron chi connectivity index (χ2n) is 7.12. The maximum atomic E-state index is 12.2. The molecule has 1 amide bonds. The number of hydrogen-bond donors (Lipinski definition) is 1. The van der Waals surface area contributed by atoms with Gasteiger partial charge < -0.3 is 14.5 Å². The standard InChI is InChI=1S/C15H29NO4Si/c1-9-11(2)12(13(17)20-21(6,7)8)10-16-14(18)19-15(3,4)5/h9,11-12H,1,10H2,2-8H3,(H,16,18). The number of nitrogens with one attached hydrogen (secondary N) is 1. The van der Waals surface area contributed by atoms with E-state index >= 15 is 0 Å². The van der Waals surface area contributed by atoms with Crippen LogP contribution in [-0.4, -0.2) is 32.5 Å². The SMILES string of the molecule is C=CC(C)C(CNC(=O)OC(C)(C)C)C(=O)O[Si](C)(C)C. The van der Waals surface area contributed by atoms with Crippen LogP contribution in [0.15, 0.2) is 12.7 Å². The van der Waals surface area contributed by atoms with Gasteiger partial charge in [-0.2, -0.15) is 0 Å². The van der Waals surface area contributed by atoms with E-state index in [4.69, 9.17) is 9.16 Å². The summed E-state index contributed by atoms with van der Waals surface area (Å²) in [5.41, 5.74) is -0.567. The van der Waals surface area contributed by atoms with Crippen LogP contribution >= 0.6 is 0 Å². The van der Waals surface area contributed by atoms with Crippen LogP contribution in [0.2, 0.25) is 19.6 Å². The lowest BCUT2D eigenvalue weighted by Gasteiger charge is -2.26. The van der Waals surface area contributed by atoms with Gasteiger partial charge in [0.05, 0.1) is 5.92 Å². The minimum Gasteiger partial charge on any atom is -0.520 e. The Morgan fingerprint density at radius 2 is 1.81 bits per heavy atom. The fraction of sp³-hybridized carbons (Fsp3) is 0.733. The highest BCUT2D eigenvalue weighted by molar-refractivity contribution is 6.71. The highest BCUT2D eigenvalue weighted by atomic mass is 28.4. The number of allylic oxidation sites excluding steroid dienone is 1. The number of hydrogen-bond acceptors (Lipinski definition) is 4. The Morgan fingerprint density at radius 1 is 1.29 bits per heavy atom. The normalized spacial score (nSPS) is 14.8. The zero-order valence-electron chi connectivity index (χ0n) is 14.3. The van der Waals surface area contributed by atoms with Crippen molar-refractivity contribution in [3.8, 4) is 0 Å². The van der Waals surface area contributed by atoms with Gasteiger partial charge in [0.1, 0.15) is 5.60 Å². The zero-order valence-corrected chi connectivity index (χ0v) is 15.3. The van der Waals surface area contributed by atoms with Gasteiger partial charge in [0.25, 0.3) is 5.97 Å². The van der Waals surface area contributed by atoms with E-state index in [0.717, 1.165) is 0 Å². The average molecular weight is 315 g/mol. The van der Waals surface area contributed by atoms with E-state index in [2.05, 4.69) is 11.9 Å². The van der Waals surface area contributed by atoms with Gasteiger partial charge >= 0.3 is 6.09 Å². The van der Waals surface area contributed by atoms with Crippen LogP contribution in [-0.2, 0) is 14.0 Å². The molecule has 6 heteroatoms. The minimum atomic E-state index is -1.96. The first-order valence-corrected chi connectivity index (χ1v) is 10.6. The lowest BCUT2D eigenvalue weighted by atomic mass is 9.94. The highest BCUT2D eigenvalue weighted by Gasteiger charge is 2.30. The molecule has 2 atom stereocenters. The number of ether oxygens (including phenoxy) is 1. The van der Waals surface area contributed by atoms with Gasteiger partial charge in [0, 0.05) is 6.54 Å². The fourth-order valence-corrected chi connectivity index (χ4v) is 2.29. The van der Waals surface area contributed by atoms with E-state index < -0.39 is 25.9 Å². The quantitative estimate of drug-likeness (QED) is 0.603. The van der Waals surface area contributed by atoms with Crippen LogP contribution in [0.5, 0.6) is 0 Å². The third-order valence-corrected chi connectivity index (χ3v) is 3.39. The smallest absolute Gasteiger partial charge is 0.407 e. The molecular formula is C15H29NO4Si. The first-order valence-electron chi connectivity index (χ1n) is 7.18. The summed E-state index contributed by atoms with van der Waals surface area (Å²) in [4.78, 5) is 23.9. The molecule has 0 aromatic heterocycles.